The van der Waals surface area contributed by atoms with Crippen LogP contribution in [0.25, 0.3) is 0 Å². The Morgan fingerprint density at radius 1 is 1.06 bits per heavy atom. The summed E-state index contributed by atoms with van der Waals surface area (Å²) < 4.78 is 14.7. The van der Waals surface area contributed by atoms with E-state index in [4.69, 9.17) is 55.9 Å². The average Bonchev–Trinajstić information content (AvgIpc) is 3.40. The molecule has 1 fully saturated rings. The minimum atomic E-state index is -0.707. The van der Waals surface area contributed by atoms with E-state index in [-0.39, 0.29) is 6.10 Å². The zero-order chi connectivity index (χ0) is 22.6. The lowest BCUT2D eigenvalue weighted by molar-refractivity contribution is -0.180. The van der Waals surface area contributed by atoms with Gasteiger partial charge >= 0.3 is 0 Å². The zero-order valence-electron chi connectivity index (χ0n) is 17.1. The standard InChI is InChI=1S/C23H22Cl4N2O2S/c24-17-3-1-16(2-4-17)5-6-23(14-29-8-7-28-15-29)30-11-19(31-23)12-32-13-20-21(26)9-18(25)10-22(20)27/h1-4,7-10,15,19H,5-6,11-14H2. The first-order chi connectivity index (χ1) is 15.4. The molecular formula is C23H22Cl4N2O2S. The van der Waals surface area contributed by atoms with Crippen LogP contribution in [0, 0.1) is 0 Å². The third-order valence-corrected chi connectivity index (χ3v) is 7.51. The van der Waals surface area contributed by atoms with Gasteiger partial charge in [0.05, 0.1) is 25.6 Å². The molecule has 2 heterocycles. The van der Waals surface area contributed by atoms with E-state index < -0.39 is 5.79 Å². The molecule has 0 bridgehead atoms. The predicted molar refractivity (Wildman–Crippen MR) is 133 cm³/mol. The molecule has 2 aromatic carbocycles. The number of aryl methyl sites for hydroxylation is 1. The number of benzene rings is 2. The summed E-state index contributed by atoms with van der Waals surface area (Å²) in [5, 5.41) is 2.42. The van der Waals surface area contributed by atoms with Crippen LogP contribution in [0.15, 0.2) is 55.1 Å². The van der Waals surface area contributed by atoms with Gasteiger partial charge in [-0.2, -0.15) is 11.8 Å². The number of imidazole rings is 1. The Balaban J connectivity index is 1.37. The van der Waals surface area contributed by atoms with Crippen LogP contribution < -0.4 is 0 Å². The average molecular weight is 532 g/mol. The summed E-state index contributed by atoms with van der Waals surface area (Å²) in [6, 6.07) is 11.3. The van der Waals surface area contributed by atoms with Gasteiger partial charge in [-0.1, -0.05) is 58.5 Å². The lowest BCUT2D eigenvalue weighted by Gasteiger charge is -2.28. The fourth-order valence-corrected chi connectivity index (χ4v) is 5.93. The summed E-state index contributed by atoms with van der Waals surface area (Å²) in [6.45, 7) is 1.11. The maximum Gasteiger partial charge on any atom is 0.187 e. The van der Waals surface area contributed by atoms with E-state index in [9.17, 15) is 0 Å². The van der Waals surface area contributed by atoms with E-state index in [2.05, 4.69) is 4.98 Å². The van der Waals surface area contributed by atoms with Gasteiger partial charge in [0.2, 0.25) is 0 Å². The van der Waals surface area contributed by atoms with Crippen molar-refractivity contribution >= 4 is 58.2 Å². The van der Waals surface area contributed by atoms with Gasteiger partial charge in [0.25, 0.3) is 0 Å². The second kappa shape index (κ2) is 11.0. The minimum Gasteiger partial charge on any atom is -0.345 e. The lowest BCUT2D eigenvalue weighted by atomic mass is 10.0. The fourth-order valence-electron chi connectivity index (χ4n) is 3.64. The first-order valence-electron chi connectivity index (χ1n) is 10.2. The van der Waals surface area contributed by atoms with Crippen molar-refractivity contribution in [2.24, 2.45) is 0 Å². The highest BCUT2D eigenvalue weighted by molar-refractivity contribution is 7.98. The van der Waals surface area contributed by atoms with Gasteiger partial charge in [-0.15, -0.1) is 0 Å². The smallest absolute Gasteiger partial charge is 0.187 e. The van der Waals surface area contributed by atoms with E-state index in [1.807, 2.05) is 35.0 Å². The number of nitrogens with zero attached hydrogens (tertiary/aromatic N) is 2. The van der Waals surface area contributed by atoms with Crippen molar-refractivity contribution < 1.29 is 9.47 Å². The van der Waals surface area contributed by atoms with Gasteiger partial charge in [0, 0.05) is 50.4 Å². The molecule has 9 heteroatoms. The minimum absolute atomic E-state index is 0.0291. The Kier molecular flexibility index (Phi) is 8.33. The van der Waals surface area contributed by atoms with Crippen LogP contribution in [-0.4, -0.2) is 33.8 Å². The first kappa shape index (κ1) is 24.2. The van der Waals surface area contributed by atoms with Crippen LogP contribution in [0.1, 0.15) is 17.5 Å². The van der Waals surface area contributed by atoms with Crippen LogP contribution in [-0.2, 0) is 28.2 Å². The van der Waals surface area contributed by atoms with Gasteiger partial charge in [0.15, 0.2) is 5.79 Å². The lowest BCUT2D eigenvalue weighted by Crippen LogP contribution is -2.37. The van der Waals surface area contributed by atoms with Crippen molar-refractivity contribution in [3.8, 4) is 0 Å². The van der Waals surface area contributed by atoms with Crippen LogP contribution >= 0.6 is 58.2 Å². The highest BCUT2D eigenvalue weighted by atomic mass is 35.5. The van der Waals surface area contributed by atoms with E-state index >= 15 is 0 Å². The van der Waals surface area contributed by atoms with Crippen LogP contribution in [0.3, 0.4) is 0 Å². The summed E-state index contributed by atoms with van der Waals surface area (Å²) in [7, 11) is 0. The number of thioether (sulfide) groups is 1. The maximum absolute atomic E-state index is 6.48. The van der Waals surface area contributed by atoms with Crippen molar-refractivity contribution in [3.05, 3.63) is 86.3 Å². The van der Waals surface area contributed by atoms with Crippen molar-refractivity contribution in [1.29, 1.82) is 0 Å². The molecule has 0 N–H and O–H groups in total. The molecule has 2 atom stereocenters. The molecule has 0 saturated carbocycles. The van der Waals surface area contributed by atoms with E-state index in [1.165, 1.54) is 5.56 Å². The number of aromatic nitrogens is 2. The van der Waals surface area contributed by atoms with Gasteiger partial charge in [-0.25, -0.2) is 4.98 Å². The van der Waals surface area contributed by atoms with Crippen molar-refractivity contribution in [2.45, 2.75) is 37.0 Å². The normalized spacial score (nSPS) is 20.7. The van der Waals surface area contributed by atoms with Crippen LogP contribution in [0.2, 0.25) is 20.1 Å². The summed E-state index contributed by atoms with van der Waals surface area (Å²) in [5.74, 6) is 0.733. The number of hydrogen-bond donors (Lipinski definition) is 0. The van der Waals surface area contributed by atoms with Gasteiger partial charge in [0.1, 0.15) is 0 Å². The SMILES string of the molecule is Clc1ccc(CCC2(Cn3ccnc3)OCC(CSCc3c(Cl)cc(Cl)cc3Cl)O2)cc1. The first-order valence-corrected chi connectivity index (χ1v) is 12.8. The molecule has 2 unspecified atom stereocenters. The van der Waals surface area contributed by atoms with Crippen molar-refractivity contribution in [2.75, 3.05) is 12.4 Å². The summed E-state index contributed by atoms with van der Waals surface area (Å²) >= 11 is 26.4. The van der Waals surface area contributed by atoms with Gasteiger partial charge in [-0.05, 0) is 41.8 Å². The predicted octanol–water partition coefficient (Wildman–Crippen LogP) is 7.17. The molecule has 0 spiro atoms. The molecular weight excluding hydrogens is 510 g/mol. The van der Waals surface area contributed by atoms with Crippen LogP contribution in [0.4, 0.5) is 0 Å². The monoisotopic (exact) mass is 530 g/mol. The third-order valence-electron chi connectivity index (χ3n) is 5.26. The van der Waals surface area contributed by atoms with Crippen LogP contribution in [0.5, 0.6) is 0 Å². The van der Waals surface area contributed by atoms with E-state index in [0.29, 0.717) is 34.0 Å². The Morgan fingerprint density at radius 3 is 2.50 bits per heavy atom. The number of halogens is 4. The Labute approximate surface area is 212 Å². The third kappa shape index (κ3) is 6.35. The molecule has 1 aromatic heterocycles. The Hall–Kier alpha value is -0.920. The van der Waals surface area contributed by atoms with Gasteiger partial charge < -0.3 is 14.0 Å². The molecule has 1 saturated heterocycles. The highest BCUT2D eigenvalue weighted by Gasteiger charge is 2.41. The summed E-state index contributed by atoms with van der Waals surface area (Å²) in [5.41, 5.74) is 2.07. The zero-order valence-corrected chi connectivity index (χ0v) is 21.0. The maximum atomic E-state index is 6.48. The topological polar surface area (TPSA) is 36.3 Å². The Morgan fingerprint density at radius 2 is 1.81 bits per heavy atom. The fraction of sp³-hybridized carbons (Fsp3) is 0.348. The second-order valence-corrected chi connectivity index (χ2v) is 10.4. The second-order valence-electron chi connectivity index (χ2n) is 7.69. The number of ether oxygens (including phenoxy) is 2. The van der Waals surface area contributed by atoms with E-state index in [1.54, 1.807) is 36.4 Å². The molecule has 32 heavy (non-hydrogen) atoms. The molecule has 3 aromatic rings. The highest BCUT2D eigenvalue weighted by Crippen LogP contribution is 2.35. The largest absolute Gasteiger partial charge is 0.345 e. The van der Waals surface area contributed by atoms with Crippen molar-refractivity contribution in [3.63, 3.8) is 0 Å². The molecule has 4 nitrogen and oxygen atoms in total. The summed E-state index contributed by atoms with van der Waals surface area (Å²) in [4.78, 5) is 4.15. The molecule has 1 aliphatic heterocycles. The Bertz CT molecular complexity index is 1010. The van der Waals surface area contributed by atoms with Gasteiger partial charge in [-0.3, -0.25) is 0 Å². The number of hydrogen-bond acceptors (Lipinski definition) is 4. The van der Waals surface area contributed by atoms with E-state index in [0.717, 1.165) is 29.2 Å². The number of rotatable bonds is 9. The molecule has 0 amide bonds. The van der Waals surface area contributed by atoms with Crippen molar-refractivity contribution in [1.82, 2.24) is 9.55 Å². The molecule has 1 aliphatic rings. The summed E-state index contributed by atoms with van der Waals surface area (Å²) in [6.07, 6.45) is 6.98. The quantitative estimate of drug-likeness (QED) is 0.293. The molecule has 4 rings (SSSR count). The molecule has 0 radical (unpaired) electrons. The molecule has 0 aliphatic carbocycles. The molecule has 170 valence electrons.